The number of hydrogen-bond donors (Lipinski definition) is 2. The van der Waals surface area contributed by atoms with Crippen molar-refractivity contribution in [1.82, 2.24) is 0 Å². The van der Waals surface area contributed by atoms with Gasteiger partial charge in [-0.05, 0) is 42.2 Å². The van der Waals surface area contributed by atoms with Crippen molar-refractivity contribution in [2.24, 2.45) is 0 Å². The summed E-state index contributed by atoms with van der Waals surface area (Å²) in [6.07, 6.45) is 0.817. The first-order valence-corrected chi connectivity index (χ1v) is 10.7. The second kappa shape index (κ2) is 8.06. The lowest BCUT2D eigenvalue weighted by Gasteiger charge is -2.15. The lowest BCUT2D eigenvalue weighted by atomic mass is 10.0. The molecule has 0 spiro atoms. The number of nitrogens with one attached hydrogen (secondary N) is 2. The minimum absolute atomic E-state index is 0.0888. The molecular formula is C21H24N2O4S. The zero-order valence-electron chi connectivity index (χ0n) is 16.2. The third-order valence-corrected chi connectivity index (χ3v) is 5.82. The Bertz CT molecular complexity index is 1130. The van der Waals surface area contributed by atoms with Crippen molar-refractivity contribution in [3.05, 3.63) is 64.5 Å². The molecule has 148 valence electrons. The van der Waals surface area contributed by atoms with E-state index in [2.05, 4.69) is 10.0 Å². The fourth-order valence-electron chi connectivity index (χ4n) is 2.90. The highest BCUT2D eigenvalue weighted by atomic mass is 32.2. The van der Waals surface area contributed by atoms with Gasteiger partial charge in [0, 0.05) is 11.9 Å². The van der Waals surface area contributed by atoms with Gasteiger partial charge in [0.15, 0.2) is 5.69 Å². The molecule has 1 heterocycles. The van der Waals surface area contributed by atoms with Crippen LogP contribution in [-0.2, 0) is 10.0 Å². The van der Waals surface area contributed by atoms with Crippen molar-refractivity contribution in [3.63, 3.8) is 0 Å². The maximum Gasteiger partial charge on any atom is 0.363 e. The van der Waals surface area contributed by atoms with Crippen LogP contribution in [-0.4, -0.2) is 15.0 Å². The molecular weight excluding hydrogens is 376 g/mol. The molecule has 0 unspecified atom stereocenters. The Morgan fingerprint density at radius 2 is 1.68 bits per heavy atom. The molecule has 0 aliphatic rings. The summed E-state index contributed by atoms with van der Waals surface area (Å²) in [6, 6.07) is 13.7. The van der Waals surface area contributed by atoms with Crippen LogP contribution in [0.5, 0.6) is 0 Å². The van der Waals surface area contributed by atoms with E-state index in [0.717, 1.165) is 12.0 Å². The van der Waals surface area contributed by atoms with Crippen molar-refractivity contribution in [1.29, 1.82) is 0 Å². The number of anilines is 2. The number of fused-ring (bicyclic) bond motifs is 1. The molecule has 1 aromatic heterocycles. The van der Waals surface area contributed by atoms with Crippen molar-refractivity contribution in [2.75, 3.05) is 16.6 Å². The molecule has 0 bridgehead atoms. The molecule has 0 amide bonds. The Kier molecular flexibility index (Phi) is 5.74. The summed E-state index contributed by atoms with van der Waals surface area (Å²) < 4.78 is 33.5. The SMILES string of the molecule is CCCNc1c(NS(=O)(=O)c2ccc(C(C)C)cc2)c(=O)oc2ccccc12. The smallest absolute Gasteiger partial charge is 0.363 e. The highest BCUT2D eigenvalue weighted by molar-refractivity contribution is 7.92. The Morgan fingerprint density at radius 1 is 1.00 bits per heavy atom. The van der Waals surface area contributed by atoms with Gasteiger partial charge in [0.25, 0.3) is 10.0 Å². The molecule has 0 atom stereocenters. The lowest BCUT2D eigenvalue weighted by Crippen LogP contribution is -2.21. The maximum atomic E-state index is 12.9. The molecule has 3 aromatic rings. The minimum Gasteiger partial charge on any atom is -0.421 e. The highest BCUT2D eigenvalue weighted by Gasteiger charge is 2.21. The van der Waals surface area contributed by atoms with E-state index in [1.54, 1.807) is 42.5 Å². The van der Waals surface area contributed by atoms with Crippen LogP contribution in [0.3, 0.4) is 0 Å². The minimum atomic E-state index is -3.94. The molecule has 0 saturated carbocycles. The summed E-state index contributed by atoms with van der Waals surface area (Å²) >= 11 is 0. The monoisotopic (exact) mass is 400 g/mol. The van der Waals surface area contributed by atoms with E-state index in [1.165, 1.54) is 0 Å². The van der Waals surface area contributed by atoms with Crippen LogP contribution in [0.1, 0.15) is 38.7 Å². The van der Waals surface area contributed by atoms with Gasteiger partial charge in [-0.1, -0.05) is 45.0 Å². The number of para-hydroxylation sites is 1. The summed E-state index contributed by atoms with van der Waals surface area (Å²) in [5.41, 5.74) is 1.01. The van der Waals surface area contributed by atoms with Gasteiger partial charge in [0.05, 0.1) is 10.6 Å². The summed E-state index contributed by atoms with van der Waals surface area (Å²) in [5, 5.41) is 3.80. The Morgan fingerprint density at radius 3 is 2.32 bits per heavy atom. The second-order valence-electron chi connectivity index (χ2n) is 6.89. The molecule has 28 heavy (non-hydrogen) atoms. The molecule has 2 aromatic carbocycles. The quantitative estimate of drug-likeness (QED) is 0.569. The molecule has 0 saturated heterocycles. The van der Waals surface area contributed by atoms with Crippen molar-refractivity contribution in [3.8, 4) is 0 Å². The molecule has 0 fully saturated rings. The van der Waals surface area contributed by atoms with Gasteiger partial charge in [-0.25, -0.2) is 13.2 Å². The fourth-order valence-corrected chi connectivity index (χ4v) is 3.97. The molecule has 2 N–H and O–H groups in total. The number of sulfonamides is 1. The van der Waals surface area contributed by atoms with E-state index < -0.39 is 15.6 Å². The van der Waals surface area contributed by atoms with E-state index in [1.807, 2.05) is 26.8 Å². The summed E-state index contributed by atoms with van der Waals surface area (Å²) in [5.74, 6) is 0.294. The van der Waals surface area contributed by atoms with Crippen LogP contribution in [0.4, 0.5) is 11.4 Å². The van der Waals surface area contributed by atoms with Crippen molar-refractivity contribution < 1.29 is 12.8 Å². The predicted octanol–water partition coefficient (Wildman–Crippen LogP) is 4.54. The van der Waals surface area contributed by atoms with E-state index in [-0.39, 0.29) is 10.6 Å². The topological polar surface area (TPSA) is 88.4 Å². The van der Waals surface area contributed by atoms with Gasteiger partial charge in [-0.3, -0.25) is 4.72 Å². The van der Waals surface area contributed by atoms with Gasteiger partial charge in [0.1, 0.15) is 5.58 Å². The first-order chi connectivity index (χ1) is 13.3. The van der Waals surface area contributed by atoms with Gasteiger partial charge in [0.2, 0.25) is 0 Å². The van der Waals surface area contributed by atoms with Crippen molar-refractivity contribution in [2.45, 2.75) is 38.0 Å². The Labute approximate surface area is 164 Å². The average molecular weight is 401 g/mol. The van der Waals surface area contributed by atoms with Crippen LogP contribution < -0.4 is 15.7 Å². The maximum absolute atomic E-state index is 12.9. The van der Waals surface area contributed by atoms with Crippen molar-refractivity contribution >= 4 is 32.4 Å². The van der Waals surface area contributed by atoms with Crippen LogP contribution in [0.2, 0.25) is 0 Å². The first-order valence-electron chi connectivity index (χ1n) is 9.26. The number of rotatable bonds is 7. The second-order valence-corrected chi connectivity index (χ2v) is 8.57. The third-order valence-electron chi connectivity index (χ3n) is 4.46. The fraction of sp³-hybridized carbons (Fsp3) is 0.286. The largest absolute Gasteiger partial charge is 0.421 e. The third kappa shape index (κ3) is 4.04. The average Bonchev–Trinajstić information content (AvgIpc) is 2.67. The standard InChI is InChI=1S/C21H24N2O4S/c1-4-13-22-19-17-7-5-6-8-18(17)27-21(24)20(19)23-28(25,26)16-11-9-15(10-12-16)14(2)3/h5-12,14,22-23H,4,13H2,1-3H3. The van der Waals surface area contributed by atoms with Gasteiger partial charge >= 0.3 is 5.63 Å². The van der Waals surface area contributed by atoms with Crippen LogP contribution >= 0.6 is 0 Å². The summed E-state index contributed by atoms with van der Waals surface area (Å²) in [7, 11) is -3.94. The van der Waals surface area contributed by atoms with E-state index in [0.29, 0.717) is 29.1 Å². The Hall–Kier alpha value is -2.80. The van der Waals surface area contributed by atoms with E-state index in [4.69, 9.17) is 4.42 Å². The molecule has 7 heteroatoms. The lowest BCUT2D eigenvalue weighted by molar-refractivity contribution is 0.563. The molecule has 6 nitrogen and oxygen atoms in total. The normalized spacial score (nSPS) is 11.7. The summed E-state index contributed by atoms with van der Waals surface area (Å²) in [4.78, 5) is 12.6. The molecule has 0 aliphatic carbocycles. The predicted molar refractivity (Wildman–Crippen MR) is 113 cm³/mol. The number of benzene rings is 2. The van der Waals surface area contributed by atoms with Gasteiger partial charge < -0.3 is 9.73 Å². The zero-order valence-corrected chi connectivity index (χ0v) is 17.0. The number of hydrogen-bond acceptors (Lipinski definition) is 5. The zero-order chi connectivity index (χ0) is 20.3. The first kappa shape index (κ1) is 19.9. The van der Waals surface area contributed by atoms with Crippen LogP contribution in [0.25, 0.3) is 11.0 Å². The van der Waals surface area contributed by atoms with Gasteiger partial charge in [-0.15, -0.1) is 0 Å². The molecule has 0 radical (unpaired) electrons. The summed E-state index contributed by atoms with van der Waals surface area (Å²) in [6.45, 7) is 6.65. The van der Waals surface area contributed by atoms with Gasteiger partial charge in [-0.2, -0.15) is 0 Å². The van der Waals surface area contributed by atoms with Crippen LogP contribution in [0.15, 0.2) is 62.6 Å². The highest BCUT2D eigenvalue weighted by Crippen LogP contribution is 2.30. The Balaban J connectivity index is 2.07. The molecule has 3 rings (SSSR count). The van der Waals surface area contributed by atoms with E-state index >= 15 is 0 Å². The molecule has 0 aliphatic heterocycles. The van der Waals surface area contributed by atoms with E-state index in [9.17, 15) is 13.2 Å². The van der Waals surface area contributed by atoms with Crippen LogP contribution in [0, 0.1) is 0 Å².